The molecule has 26 heavy (non-hydrogen) atoms. The zero-order valence-electron chi connectivity index (χ0n) is 14.9. The number of carbonyl (C=O) groups excluding carboxylic acids is 1. The topological polar surface area (TPSA) is 105 Å². The Morgan fingerprint density at radius 3 is 2.73 bits per heavy atom. The monoisotopic (exact) mass is 402 g/mol. The Kier molecular flexibility index (Phi) is 6.54. The summed E-state index contributed by atoms with van der Waals surface area (Å²) in [6, 6.07) is 2.07. The first-order chi connectivity index (χ1) is 12.2. The van der Waals surface area contributed by atoms with Gasteiger partial charge in [-0.25, -0.2) is 13.2 Å². The molecule has 144 valence electrons. The van der Waals surface area contributed by atoms with Crippen LogP contribution in [-0.2, 0) is 14.6 Å². The highest BCUT2D eigenvalue weighted by molar-refractivity contribution is 7.92. The van der Waals surface area contributed by atoms with Gasteiger partial charge < -0.3 is 20.5 Å². The quantitative estimate of drug-likeness (QED) is 0.501. The van der Waals surface area contributed by atoms with Gasteiger partial charge in [0.25, 0.3) is 0 Å². The minimum atomic E-state index is -3.94. The van der Waals surface area contributed by atoms with Crippen LogP contribution in [-0.4, -0.2) is 44.6 Å². The smallest absolute Gasteiger partial charge is 0.319 e. The van der Waals surface area contributed by atoms with Crippen molar-refractivity contribution in [3.05, 3.63) is 28.8 Å². The Morgan fingerprint density at radius 2 is 2.15 bits per heavy atom. The molecule has 0 bridgehead atoms. The third-order valence-corrected chi connectivity index (χ3v) is 6.93. The minimum Gasteiger partial charge on any atom is -0.504 e. The highest BCUT2D eigenvalue weighted by atomic mass is 35.5. The number of sulfone groups is 1. The SMILES string of the molecule is COCC(C)S(=O)(=O)c1c(Cl)ccc(NC(=O)NC2CCC=C2C)c1O. The van der Waals surface area contributed by atoms with Crippen molar-refractivity contribution >= 4 is 33.2 Å². The first-order valence-corrected chi connectivity index (χ1v) is 10.1. The fourth-order valence-corrected chi connectivity index (χ4v) is 4.71. The Hall–Kier alpha value is -1.77. The number of rotatable bonds is 6. The maximum atomic E-state index is 12.7. The molecule has 0 saturated carbocycles. The molecule has 2 unspecified atom stereocenters. The molecule has 1 aliphatic rings. The Balaban J connectivity index is 2.26. The van der Waals surface area contributed by atoms with Gasteiger partial charge in [-0.1, -0.05) is 23.3 Å². The van der Waals surface area contributed by atoms with Crippen molar-refractivity contribution in [2.75, 3.05) is 19.0 Å². The lowest BCUT2D eigenvalue weighted by Crippen LogP contribution is -2.37. The second-order valence-corrected chi connectivity index (χ2v) is 8.97. The number of hydrogen-bond acceptors (Lipinski definition) is 5. The van der Waals surface area contributed by atoms with Crippen LogP contribution in [0.1, 0.15) is 26.7 Å². The van der Waals surface area contributed by atoms with E-state index in [-0.39, 0.29) is 23.4 Å². The number of methoxy groups -OCH3 is 1. The van der Waals surface area contributed by atoms with E-state index in [0.29, 0.717) is 0 Å². The largest absolute Gasteiger partial charge is 0.504 e. The van der Waals surface area contributed by atoms with E-state index in [0.717, 1.165) is 18.4 Å². The van der Waals surface area contributed by atoms with Gasteiger partial charge in [-0.15, -0.1) is 0 Å². The number of nitrogens with one attached hydrogen (secondary N) is 2. The molecule has 9 heteroatoms. The predicted octanol–water partition coefficient (Wildman–Crippen LogP) is 3.08. The fourth-order valence-electron chi connectivity index (χ4n) is 2.79. The van der Waals surface area contributed by atoms with E-state index in [1.165, 1.54) is 26.2 Å². The lowest BCUT2D eigenvalue weighted by molar-refractivity contribution is 0.200. The Bertz CT molecular complexity index is 823. The van der Waals surface area contributed by atoms with Crippen molar-refractivity contribution in [2.24, 2.45) is 0 Å². The van der Waals surface area contributed by atoms with Gasteiger partial charge in [-0.2, -0.15) is 0 Å². The van der Waals surface area contributed by atoms with E-state index in [1.807, 2.05) is 13.0 Å². The highest BCUT2D eigenvalue weighted by Crippen LogP contribution is 2.38. The van der Waals surface area contributed by atoms with Crippen LogP contribution in [0.15, 0.2) is 28.7 Å². The second kappa shape index (κ2) is 8.28. The number of hydrogen-bond donors (Lipinski definition) is 3. The van der Waals surface area contributed by atoms with Gasteiger partial charge in [0.2, 0.25) is 0 Å². The summed E-state index contributed by atoms with van der Waals surface area (Å²) in [5.41, 5.74) is 1.03. The lowest BCUT2D eigenvalue weighted by atomic mass is 10.2. The number of phenols is 1. The molecule has 3 N–H and O–H groups in total. The van der Waals surface area contributed by atoms with Crippen molar-refractivity contribution in [1.29, 1.82) is 0 Å². The normalized spacial score (nSPS) is 18.3. The molecule has 7 nitrogen and oxygen atoms in total. The number of aromatic hydroxyl groups is 1. The molecule has 0 aliphatic heterocycles. The Morgan fingerprint density at radius 1 is 1.46 bits per heavy atom. The number of amides is 2. The number of carbonyl (C=O) groups is 1. The maximum Gasteiger partial charge on any atom is 0.319 e. The van der Waals surface area contributed by atoms with Crippen molar-refractivity contribution in [3.8, 4) is 5.75 Å². The third-order valence-electron chi connectivity index (χ3n) is 4.32. The summed E-state index contributed by atoms with van der Waals surface area (Å²) in [4.78, 5) is 11.8. The summed E-state index contributed by atoms with van der Waals surface area (Å²) in [5, 5.41) is 14.7. The average molecular weight is 403 g/mol. The van der Waals surface area contributed by atoms with E-state index in [2.05, 4.69) is 10.6 Å². The number of ether oxygens (including phenoxy) is 1. The molecule has 0 saturated heterocycles. The fraction of sp³-hybridized carbons (Fsp3) is 0.471. The molecule has 0 spiro atoms. The molecule has 1 aromatic rings. The van der Waals surface area contributed by atoms with Crippen LogP contribution in [0.4, 0.5) is 10.5 Å². The van der Waals surface area contributed by atoms with Gasteiger partial charge in [0.05, 0.1) is 28.6 Å². The van der Waals surface area contributed by atoms with Gasteiger partial charge in [-0.05, 0) is 38.8 Å². The highest BCUT2D eigenvalue weighted by Gasteiger charge is 2.31. The standard InChI is InChI=1S/C17H23ClN2O5S/c1-10-5-4-6-13(10)19-17(22)20-14-8-7-12(18)16(15(14)21)26(23,24)11(2)9-25-3/h5,7-8,11,13,21H,4,6,9H2,1-3H3,(H2,19,20,22). The summed E-state index contributed by atoms with van der Waals surface area (Å²) in [6.07, 6.45) is 3.75. The summed E-state index contributed by atoms with van der Waals surface area (Å²) in [5.74, 6) is -0.589. The molecule has 0 fully saturated rings. The lowest BCUT2D eigenvalue weighted by Gasteiger charge is -2.18. The average Bonchev–Trinajstić information content (AvgIpc) is 2.95. The molecule has 0 heterocycles. The molecule has 2 rings (SSSR count). The number of phenolic OH excluding ortho intramolecular Hbond substituents is 1. The molecular formula is C17H23ClN2O5S. The van der Waals surface area contributed by atoms with Gasteiger partial charge in [0.1, 0.15) is 4.90 Å². The van der Waals surface area contributed by atoms with Crippen molar-refractivity contribution in [3.63, 3.8) is 0 Å². The Labute approximate surface area is 158 Å². The molecule has 2 atom stereocenters. The van der Waals surface area contributed by atoms with Crippen molar-refractivity contribution < 1.29 is 23.1 Å². The summed E-state index contributed by atoms with van der Waals surface area (Å²) in [7, 11) is -2.56. The zero-order chi connectivity index (χ0) is 19.5. The van der Waals surface area contributed by atoms with Gasteiger partial charge >= 0.3 is 6.03 Å². The summed E-state index contributed by atoms with van der Waals surface area (Å²) >= 11 is 6.01. The van der Waals surface area contributed by atoms with E-state index >= 15 is 0 Å². The molecular weight excluding hydrogens is 380 g/mol. The number of halogens is 1. The number of urea groups is 1. The van der Waals surface area contributed by atoms with Crippen LogP contribution >= 0.6 is 11.6 Å². The third kappa shape index (κ3) is 4.31. The van der Waals surface area contributed by atoms with Crippen LogP contribution in [0.5, 0.6) is 5.75 Å². The van der Waals surface area contributed by atoms with Crippen LogP contribution < -0.4 is 10.6 Å². The number of anilines is 1. The van der Waals surface area contributed by atoms with Crippen molar-refractivity contribution in [1.82, 2.24) is 5.32 Å². The van der Waals surface area contributed by atoms with E-state index in [9.17, 15) is 18.3 Å². The maximum absolute atomic E-state index is 12.7. The van der Waals surface area contributed by atoms with Crippen LogP contribution in [0.2, 0.25) is 5.02 Å². The molecule has 0 radical (unpaired) electrons. The summed E-state index contributed by atoms with van der Waals surface area (Å²) in [6.45, 7) is 3.33. The first kappa shape index (κ1) is 20.5. The van der Waals surface area contributed by atoms with E-state index < -0.39 is 31.8 Å². The first-order valence-electron chi connectivity index (χ1n) is 8.17. The predicted molar refractivity (Wildman–Crippen MR) is 101 cm³/mol. The van der Waals surface area contributed by atoms with Gasteiger partial charge in [0.15, 0.2) is 15.6 Å². The van der Waals surface area contributed by atoms with E-state index in [1.54, 1.807) is 0 Å². The molecule has 1 aromatic carbocycles. The van der Waals surface area contributed by atoms with Gasteiger partial charge in [0, 0.05) is 7.11 Å². The van der Waals surface area contributed by atoms with E-state index in [4.69, 9.17) is 16.3 Å². The molecule has 1 aliphatic carbocycles. The number of benzene rings is 1. The molecule has 2 amide bonds. The van der Waals surface area contributed by atoms with Crippen LogP contribution in [0.25, 0.3) is 0 Å². The van der Waals surface area contributed by atoms with Crippen LogP contribution in [0, 0.1) is 0 Å². The number of allylic oxidation sites excluding steroid dienone is 1. The van der Waals surface area contributed by atoms with Crippen LogP contribution in [0.3, 0.4) is 0 Å². The minimum absolute atomic E-state index is 0.0327. The zero-order valence-corrected chi connectivity index (χ0v) is 16.4. The van der Waals surface area contributed by atoms with Crippen molar-refractivity contribution in [2.45, 2.75) is 42.9 Å². The van der Waals surface area contributed by atoms with Gasteiger partial charge in [-0.3, -0.25) is 0 Å². The molecule has 0 aromatic heterocycles. The summed E-state index contributed by atoms with van der Waals surface area (Å²) < 4.78 is 30.2. The second-order valence-electron chi connectivity index (χ2n) is 6.26.